The van der Waals surface area contributed by atoms with Gasteiger partial charge in [-0.15, -0.1) is 0 Å². The van der Waals surface area contributed by atoms with Crippen LogP contribution in [0.2, 0.25) is 0 Å². The Morgan fingerprint density at radius 2 is 1.93 bits per heavy atom. The van der Waals surface area contributed by atoms with Gasteiger partial charge in [0.05, 0.1) is 0 Å². The lowest BCUT2D eigenvalue weighted by Gasteiger charge is -1.98. The van der Waals surface area contributed by atoms with Gasteiger partial charge >= 0.3 is 0 Å². The van der Waals surface area contributed by atoms with Gasteiger partial charge in [0.2, 0.25) is 0 Å². The fourth-order valence-corrected chi connectivity index (χ4v) is 1.83. The van der Waals surface area contributed by atoms with Gasteiger partial charge < -0.3 is 4.42 Å². The van der Waals surface area contributed by atoms with Gasteiger partial charge in [0, 0.05) is 6.42 Å². The zero-order valence-electron chi connectivity index (χ0n) is 7.61. The van der Waals surface area contributed by atoms with Gasteiger partial charge in [0.1, 0.15) is 9.46 Å². The molecule has 0 unspecified atom stereocenters. The molecule has 2 nitrogen and oxygen atoms in total. The van der Waals surface area contributed by atoms with Crippen LogP contribution in [0.15, 0.2) is 41.1 Å². The quantitative estimate of drug-likeness (QED) is 0.814. The van der Waals surface area contributed by atoms with Crippen molar-refractivity contribution in [2.45, 2.75) is 12.8 Å². The summed E-state index contributed by atoms with van der Waals surface area (Å²) in [6, 6.07) is 10.4. The van der Waals surface area contributed by atoms with Gasteiger partial charge in [0.25, 0.3) is 0 Å². The summed E-state index contributed by atoms with van der Waals surface area (Å²) >= 11 is 2.19. The maximum atomic E-state index is 5.27. The van der Waals surface area contributed by atoms with Gasteiger partial charge in [-0.3, -0.25) is 0 Å². The van der Waals surface area contributed by atoms with Gasteiger partial charge in [0.15, 0.2) is 6.39 Å². The first-order chi connectivity index (χ1) is 6.86. The van der Waals surface area contributed by atoms with Gasteiger partial charge in [-0.2, -0.15) is 0 Å². The van der Waals surface area contributed by atoms with Crippen LogP contribution in [0.1, 0.15) is 11.3 Å². The minimum Gasteiger partial charge on any atom is -0.447 e. The van der Waals surface area contributed by atoms with Crippen molar-refractivity contribution in [1.29, 1.82) is 0 Å². The van der Waals surface area contributed by atoms with Gasteiger partial charge in [-0.05, 0) is 34.6 Å². The lowest BCUT2D eigenvalue weighted by atomic mass is 10.1. The minimum atomic E-state index is 0.919. The van der Waals surface area contributed by atoms with Crippen molar-refractivity contribution in [1.82, 2.24) is 4.98 Å². The highest BCUT2D eigenvalue weighted by Gasteiger charge is 2.04. The summed E-state index contributed by atoms with van der Waals surface area (Å²) < 4.78 is 6.24. The van der Waals surface area contributed by atoms with Crippen molar-refractivity contribution >= 4 is 22.6 Å². The van der Waals surface area contributed by atoms with E-state index in [-0.39, 0.29) is 0 Å². The second-order valence-electron chi connectivity index (χ2n) is 3.05. The van der Waals surface area contributed by atoms with Crippen molar-refractivity contribution in [2.75, 3.05) is 0 Å². The molecular weight excluding hydrogens is 289 g/mol. The smallest absolute Gasteiger partial charge is 0.181 e. The molecule has 72 valence electrons. The van der Waals surface area contributed by atoms with Crippen LogP contribution in [-0.2, 0) is 12.8 Å². The Kier molecular flexibility index (Phi) is 3.18. The van der Waals surface area contributed by atoms with Gasteiger partial charge in [-0.1, -0.05) is 30.3 Å². The molecule has 2 aromatic rings. The molecule has 0 amide bonds. The predicted octanol–water partition coefficient (Wildman–Crippen LogP) is 3.06. The molecule has 0 fully saturated rings. The standard InChI is InChI=1S/C11H10INO/c12-11-10(14-8-13-11)7-6-9-4-2-1-3-5-9/h1-5,8H,6-7H2. The molecule has 14 heavy (non-hydrogen) atoms. The SMILES string of the molecule is Ic1ncoc1CCc1ccccc1. The normalized spacial score (nSPS) is 10.4. The third kappa shape index (κ3) is 2.35. The highest BCUT2D eigenvalue weighted by molar-refractivity contribution is 14.1. The number of hydrogen-bond acceptors (Lipinski definition) is 2. The third-order valence-corrected chi connectivity index (χ3v) is 2.95. The molecule has 0 saturated heterocycles. The van der Waals surface area contributed by atoms with Crippen molar-refractivity contribution in [3.8, 4) is 0 Å². The largest absolute Gasteiger partial charge is 0.447 e. The van der Waals surface area contributed by atoms with E-state index in [1.54, 1.807) is 0 Å². The Morgan fingerprint density at radius 1 is 1.14 bits per heavy atom. The molecular formula is C11H10INO. The van der Waals surface area contributed by atoms with Crippen molar-refractivity contribution in [3.05, 3.63) is 51.7 Å². The van der Waals surface area contributed by atoms with Crippen LogP contribution < -0.4 is 0 Å². The number of aryl methyl sites for hydroxylation is 2. The zero-order valence-corrected chi connectivity index (χ0v) is 9.77. The molecule has 0 spiro atoms. The topological polar surface area (TPSA) is 26.0 Å². The van der Waals surface area contributed by atoms with Crippen LogP contribution in [0.25, 0.3) is 0 Å². The van der Waals surface area contributed by atoms with Crippen LogP contribution in [0.4, 0.5) is 0 Å². The predicted molar refractivity (Wildman–Crippen MR) is 63.1 cm³/mol. The number of benzene rings is 1. The second kappa shape index (κ2) is 4.59. The molecule has 0 bridgehead atoms. The van der Waals surface area contributed by atoms with E-state index in [1.165, 1.54) is 12.0 Å². The average Bonchev–Trinajstić information content (AvgIpc) is 2.63. The third-order valence-electron chi connectivity index (χ3n) is 2.07. The number of nitrogens with zero attached hydrogens (tertiary/aromatic N) is 1. The molecule has 3 heteroatoms. The Bertz CT molecular complexity index is 397. The summed E-state index contributed by atoms with van der Waals surface area (Å²) in [4.78, 5) is 4.05. The lowest BCUT2D eigenvalue weighted by Crippen LogP contribution is -1.91. The van der Waals surface area contributed by atoms with Crippen molar-refractivity contribution in [3.63, 3.8) is 0 Å². The van der Waals surface area contributed by atoms with E-state index in [4.69, 9.17) is 4.42 Å². The van der Waals surface area contributed by atoms with Crippen LogP contribution in [0.5, 0.6) is 0 Å². The molecule has 0 aliphatic heterocycles. The second-order valence-corrected chi connectivity index (χ2v) is 4.07. The first-order valence-electron chi connectivity index (χ1n) is 4.48. The molecule has 1 heterocycles. The number of aromatic nitrogens is 1. The molecule has 2 rings (SSSR count). The van der Waals surface area contributed by atoms with E-state index in [0.717, 1.165) is 22.3 Å². The summed E-state index contributed by atoms with van der Waals surface area (Å²) in [6.45, 7) is 0. The molecule has 0 N–H and O–H groups in total. The maximum Gasteiger partial charge on any atom is 0.181 e. The minimum absolute atomic E-state index is 0.919. The molecule has 1 aromatic carbocycles. The Balaban J connectivity index is 1.99. The Morgan fingerprint density at radius 3 is 2.57 bits per heavy atom. The molecule has 1 aromatic heterocycles. The van der Waals surface area contributed by atoms with E-state index < -0.39 is 0 Å². The van der Waals surface area contributed by atoms with Crippen molar-refractivity contribution in [2.24, 2.45) is 0 Å². The summed E-state index contributed by atoms with van der Waals surface area (Å²) in [5.41, 5.74) is 1.33. The highest BCUT2D eigenvalue weighted by Crippen LogP contribution is 2.12. The molecule has 0 aliphatic carbocycles. The molecule has 0 atom stereocenters. The lowest BCUT2D eigenvalue weighted by molar-refractivity contribution is 0.501. The summed E-state index contributed by atoms with van der Waals surface area (Å²) in [5.74, 6) is 0.981. The summed E-state index contributed by atoms with van der Waals surface area (Å²) in [5, 5.41) is 0. The first kappa shape index (κ1) is 9.71. The molecule has 0 radical (unpaired) electrons. The van der Waals surface area contributed by atoms with Gasteiger partial charge in [-0.25, -0.2) is 4.98 Å². The van der Waals surface area contributed by atoms with Crippen LogP contribution in [0.3, 0.4) is 0 Å². The average molecular weight is 299 g/mol. The number of hydrogen-bond donors (Lipinski definition) is 0. The van der Waals surface area contributed by atoms with E-state index in [9.17, 15) is 0 Å². The van der Waals surface area contributed by atoms with E-state index in [1.807, 2.05) is 6.07 Å². The Hall–Kier alpha value is -0.840. The van der Waals surface area contributed by atoms with E-state index >= 15 is 0 Å². The van der Waals surface area contributed by atoms with Crippen LogP contribution >= 0.6 is 22.6 Å². The van der Waals surface area contributed by atoms with Crippen LogP contribution in [-0.4, -0.2) is 4.98 Å². The van der Waals surface area contributed by atoms with E-state index in [2.05, 4.69) is 51.8 Å². The number of rotatable bonds is 3. The monoisotopic (exact) mass is 299 g/mol. The zero-order chi connectivity index (χ0) is 9.80. The number of halogens is 1. The van der Waals surface area contributed by atoms with Crippen molar-refractivity contribution < 1.29 is 4.42 Å². The maximum absolute atomic E-state index is 5.27. The first-order valence-corrected chi connectivity index (χ1v) is 5.56. The number of oxazole rings is 1. The van der Waals surface area contributed by atoms with Crippen LogP contribution in [0, 0.1) is 3.70 Å². The Labute approximate surface area is 96.5 Å². The highest BCUT2D eigenvalue weighted by atomic mass is 127. The molecule has 0 aliphatic rings. The summed E-state index contributed by atoms with van der Waals surface area (Å²) in [6.07, 6.45) is 3.43. The molecule has 0 saturated carbocycles. The van der Waals surface area contributed by atoms with E-state index in [0.29, 0.717) is 0 Å². The summed E-state index contributed by atoms with van der Waals surface area (Å²) in [7, 11) is 0. The fourth-order valence-electron chi connectivity index (χ4n) is 1.32. The fraction of sp³-hybridized carbons (Fsp3) is 0.182.